The third-order valence-electron chi connectivity index (χ3n) is 1.65. The summed E-state index contributed by atoms with van der Waals surface area (Å²) >= 11 is 0. The van der Waals surface area contributed by atoms with Gasteiger partial charge in [-0.3, -0.25) is 4.79 Å². The molecule has 0 saturated carbocycles. The lowest BCUT2D eigenvalue weighted by Crippen LogP contribution is -2.20. The summed E-state index contributed by atoms with van der Waals surface area (Å²) in [4.78, 5) is 11.1. The summed E-state index contributed by atoms with van der Waals surface area (Å²) in [6, 6.07) is 6.09. The van der Waals surface area contributed by atoms with Gasteiger partial charge in [0.2, 0.25) is 0 Å². The lowest BCUT2D eigenvalue weighted by molar-refractivity contribution is -0.247. The van der Waals surface area contributed by atoms with Crippen LogP contribution in [-0.4, -0.2) is 19.6 Å². The molecule has 0 bridgehead atoms. The first-order valence-corrected chi connectivity index (χ1v) is 4.94. The number of amides is 1. The smallest absolute Gasteiger partial charge is 0.266 e. The summed E-state index contributed by atoms with van der Waals surface area (Å²) in [6.45, 7) is 0. The van der Waals surface area contributed by atoms with Crippen molar-refractivity contribution < 1.29 is 23.7 Å². The average molecular weight is 216 g/mol. The van der Waals surface area contributed by atoms with Gasteiger partial charge in [-0.2, -0.15) is 0 Å². The molecule has 2 N–H and O–H groups in total. The number of hydrogen-bond acceptors (Lipinski definition) is 4. The highest BCUT2D eigenvalue weighted by Crippen LogP contribution is 2.20. The SMILES string of the molecule is O=C1NS(=O)(=O)c2ccccc21.[O]O. The fourth-order valence-electron chi connectivity index (χ4n) is 1.12. The van der Waals surface area contributed by atoms with Crippen LogP contribution in [0.4, 0.5) is 0 Å². The van der Waals surface area contributed by atoms with E-state index in [2.05, 4.69) is 0 Å². The van der Waals surface area contributed by atoms with Crippen molar-refractivity contribution in [2.75, 3.05) is 0 Å². The molecule has 6 nitrogen and oxygen atoms in total. The van der Waals surface area contributed by atoms with Crippen molar-refractivity contribution in [2.24, 2.45) is 0 Å². The number of nitrogens with one attached hydrogen (secondary N) is 1. The number of rotatable bonds is 0. The lowest BCUT2D eigenvalue weighted by atomic mass is 10.2. The number of hydrogen-bond donors (Lipinski definition) is 2. The molecule has 0 aliphatic carbocycles. The molecule has 1 aliphatic heterocycles. The molecular weight excluding hydrogens is 210 g/mol. The van der Waals surface area contributed by atoms with Gasteiger partial charge in [0.1, 0.15) is 4.90 Å². The molecule has 0 atom stereocenters. The first kappa shape index (κ1) is 10.6. The van der Waals surface area contributed by atoms with Crippen molar-refractivity contribution in [1.82, 2.24) is 4.72 Å². The van der Waals surface area contributed by atoms with Gasteiger partial charge in [-0.25, -0.2) is 18.4 Å². The molecule has 2 rings (SSSR count). The number of sulfonamides is 1. The zero-order valence-electron chi connectivity index (χ0n) is 6.80. The van der Waals surface area contributed by atoms with E-state index in [1.807, 2.05) is 4.72 Å². The summed E-state index contributed by atoms with van der Waals surface area (Å²) in [5.41, 5.74) is 0.220. The standard InChI is InChI=1S/C7H5NO3S.HO2/c9-7-5-3-1-2-4-6(5)12(10,11)8-7;1-2/h1-4H,(H,8,9);1H. The van der Waals surface area contributed by atoms with Gasteiger partial charge in [-0.15, -0.1) is 0 Å². The zero-order valence-corrected chi connectivity index (χ0v) is 7.61. The van der Waals surface area contributed by atoms with Crippen LogP contribution in [0.3, 0.4) is 0 Å². The molecule has 1 aromatic carbocycles. The first-order valence-electron chi connectivity index (χ1n) is 3.46. The van der Waals surface area contributed by atoms with Gasteiger partial charge in [-0.1, -0.05) is 12.1 Å². The minimum Gasteiger partial charge on any atom is -0.268 e. The van der Waals surface area contributed by atoms with Crippen molar-refractivity contribution in [1.29, 1.82) is 0 Å². The third kappa shape index (κ3) is 1.60. The second-order valence-corrected chi connectivity index (χ2v) is 4.08. The van der Waals surface area contributed by atoms with Gasteiger partial charge in [0, 0.05) is 0 Å². The van der Waals surface area contributed by atoms with Crippen LogP contribution < -0.4 is 4.72 Å². The number of carbonyl (C=O) groups excluding carboxylic acids is 1. The molecule has 0 spiro atoms. The summed E-state index contributed by atoms with van der Waals surface area (Å²) in [6.07, 6.45) is 0. The maximum atomic E-state index is 11.1. The summed E-state index contributed by atoms with van der Waals surface area (Å²) < 4.78 is 24.2. The molecule has 75 valence electrons. The predicted molar refractivity (Wildman–Crippen MR) is 44.4 cm³/mol. The molecule has 1 radical (unpaired) electrons. The summed E-state index contributed by atoms with van der Waals surface area (Å²) in [5, 5.41) is 13.0. The Morgan fingerprint density at radius 2 is 1.71 bits per heavy atom. The maximum absolute atomic E-state index is 11.1. The van der Waals surface area contributed by atoms with E-state index in [0.717, 1.165) is 0 Å². The summed E-state index contributed by atoms with van der Waals surface area (Å²) in [7, 11) is -3.55. The quantitative estimate of drug-likeness (QED) is 0.470. The molecule has 7 heteroatoms. The lowest BCUT2D eigenvalue weighted by Gasteiger charge is -1.91. The fourth-order valence-corrected chi connectivity index (χ4v) is 2.29. The Labute approximate surface area is 79.8 Å². The molecule has 1 aromatic rings. The maximum Gasteiger partial charge on any atom is 0.266 e. The van der Waals surface area contributed by atoms with Crippen LogP contribution >= 0.6 is 0 Å². The van der Waals surface area contributed by atoms with Gasteiger partial charge < -0.3 is 0 Å². The number of fused-ring (bicyclic) bond motifs is 1. The van der Waals surface area contributed by atoms with Gasteiger partial charge in [-0.05, 0) is 17.4 Å². The Balaban J connectivity index is 0.000000461. The molecule has 0 fully saturated rings. The van der Waals surface area contributed by atoms with Gasteiger partial charge in [0.05, 0.1) is 5.56 Å². The molecule has 1 aliphatic rings. The van der Waals surface area contributed by atoms with E-state index in [4.69, 9.17) is 10.5 Å². The Bertz CT molecular complexity index is 453. The molecule has 1 heterocycles. The molecule has 0 saturated heterocycles. The van der Waals surface area contributed by atoms with Gasteiger partial charge >= 0.3 is 0 Å². The largest absolute Gasteiger partial charge is 0.268 e. The molecule has 0 aromatic heterocycles. The van der Waals surface area contributed by atoms with Crippen LogP contribution in [0.15, 0.2) is 29.2 Å². The minimum absolute atomic E-state index is 0.0648. The highest BCUT2D eigenvalue weighted by atomic mass is 32.2. The number of carbonyl (C=O) groups is 1. The van der Waals surface area contributed by atoms with Crippen LogP contribution in [0.2, 0.25) is 0 Å². The Kier molecular flexibility index (Phi) is 2.84. The van der Waals surface area contributed by atoms with Crippen LogP contribution in [0.25, 0.3) is 0 Å². The van der Waals surface area contributed by atoms with E-state index in [9.17, 15) is 13.2 Å². The third-order valence-corrected chi connectivity index (χ3v) is 3.04. The van der Waals surface area contributed by atoms with Crippen molar-refractivity contribution in [3.05, 3.63) is 29.8 Å². The van der Waals surface area contributed by atoms with Crippen molar-refractivity contribution >= 4 is 15.9 Å². The van der Waals surface area contributed by atoms with E-state index in [1.165, 1.54) is 12.1 Å². The van der Waals surface area contributed by atoms with Crippen LogP contribution in [0.5, 0.6) is 0 Å². The van der Waals surface area contributed by atoms with Crippen molar-refractivity contribution in [3.63, 3.8) is 0 Å². The monoisotopic (exact) mass is 216 g/mol. The molecule has 14 heavy (non-hydrogen) atoms. The molecule has 0 unspecified atom stereocenters. The minimum atomic E-state index is -3.55. The molecule has 1 amide bonds. The van der Waals surface area contributed by atoms with E-state index in [1.54, 1.807) is 12.1 Å². The zero-order chi connectivity index (χ0) is 10.8. The Hall–Kier alpha value is -1.44. The average Bonchev–Trinajstić information content (AvgIpc) is 2.42. The van der Waals surface area contributed by atoms with E-state index >= 15 is 0 Å². The van der Waals surface area contributed by atoms with Crippen LogP contribution in [0.1, 0.15) is 10.4 Å². The van der Waals surface area contributed by atoms with Crippen LogP contribution in [0, 0.1) is 0 Å². The normalized spacial score (nSPS) is 16.3. The van der Waals surface area contributed by atoms with Crippen molar-refractivity contribution in [3.8, 4) is 0 Å². The molecular formula is C7H6NO5S. The van der Waals surface area contributed by atoms with E-state index in [-0.39, 0.29) is 10.5 Å². The Morgan fingerprint density at radius 3 is 2.29 bits per heavy atom. The second kappa shape index (κ2) is 3.74. The highest BCUT2D eigenvalue weighted by Gasteiger charge is 2.31. The van der Waals surface area contributed by atoms with Gasteiger partial charge in [0.15, 0.2) is 0 Å². The Morgan fingerprint density at radius 1 is 1.14 bits per heavy atom. The van der Waals surface area contributed by atoms with Crippen molar-refractivity contribution in [2.45, 2.75) is 4.90 Å². The van der Waals surface area contributed by atoms with E-state index < -0.39 is 15.9 Å². The first-order chi connectivity index (χ1) is 6.61. The van der Waals surface area contributed by atoms with Crippen LogP contribution in [-0.2, 0) is 15.3 Å². The fraction of sp³-hybridized carbons (Fsp3) is 0. The summed E-state index contributed by atoms with van der Waals surface area (Å²) in [5.74, 6) is -0.550. The highest BCUT2D eigenvalue weighted by molar-refractivity contribution is 7.90. The second-order valence-electron chi connectivity index (χ2n) is 2.43. The number of benzene rings is 1. The predicted octanol–water partition coefficient (Wildman–Crippen LogP) is 0.00860. The topological polar surface area (TPSA) is 103 Å². The van der Waals surface area contributed by atoms with E-state index in [0.29, 0.717) is 0 Å². The van der Waals surface area contributed by atoms with Gasteiger partial charge in [0.25, 0.3) is 15.9 Å².